The number of nitrogens with one attached hydrogen (secondary N) is 2. The average molecular weight is 446 g/mol. The molecule has 1 unspecified atom stereocenters. The van der Waals surface area contributed by atoms with Gasteiger partial charge in [0, 0.05) is 13.0 Å². The number of ether oxygens (including phenoxy) is 2. The minimum absolute atomic E-state index is 0.0383. The summed E-state index contributed by atoms with van der Waals surface area (Å²) in [5.74, 6) is -2.09. The van der Waals surface area contributed by atoms with Gasteiger partial charge in [0.25, 0.3) is 11.1 Å². The van der Waals surface area contributed by atoms with Crippen LogP contribution in [0.15, 0.2) is 31.6 Å². The highest BCUT2D eigenvalue weighted by Gasteiger charge is 2.35. The maximum Gasteiger partial charge on any atom is 0.330 e. The Labute approximate surface area is 171 Å². The largest absolute Gasteiger partial charge is 0.394 e. The molecule has 2 aromatic heterocycles. The first-order valence-electron chi connectivity index (χ1n) is 9.29. The van der Waals surface area contributed by atoms with Crippen molar-refractivity contribution in [2.45, 2.75) is 43.9 Å². The Kier molecular flexibility index (Phi) is 6.94. The molecule has 2 aliphatic heterocycles. The maximum atomic E-state index is 13.0. The smallest absolute Gasteiger partial charge is 0.330 e. The predicted octanol–water partition coefficient (Wildman–Crippen LogP) is -1.70. The van der Waals surface area contributed by atoms with E-state index in [1.807, 2.05) is 4.98 Å². The molecule has 4 N–H and O–H groups in total. The first-order valence-corrected chi connectivity index (χ1v) is 9.29. The summed E-state index contributed by atoms with van der Waals surface area (Å²) >= 11 is 0. The third-order valence-corrected chi connectivity index (χ3v) is 4.76. The highest BCUT2D eigenvalue weighted by Crippen LogP contribution is 2.27. The quantitative estimate of drug-likeness (QED) is 0.433. The Morgan fingerprint density at radius 3 is 2.00 bits per heavy atom. The van der Waals surface area contributed by atoms with E-state index in [4.69, 9.17) is 14.6 Å². The lowest BCUT2D eigenvalue weighted by Crippen LogP contribution is -2.34. The van der Waals surface area contributed by atoms with Gasteiger partial charge in [0.1, 0.15) is 18.6 Å². The molecule has 0 radical (unpaired) electrons. The minimum atomic E-state index is -1.12. The molecule has 0 spiro atoms. The first kappa shape index (κ1) is 22.7. The number of rotatable bonds is 3. The number of hydrogen-bond acceptors (Lipinski definition) is 8. The molecule has 2 fully saturated rings. The van der Waals surface area contributed by atoms with Crippen molar-refractivity contribution < 1.29 is 28.5 Å². The summed E-state index contributed by atoms with van der Waals surface area (Å²) in [6.07, 6.45) is 0.0265. The van der Waals surface area contributed by atoms with Gasteiger partial charge in [-0.15, -0.1) is 0 Å². The summed E-state index contributed by atoms with van der Waals surface area (Å²) in [7, 11) is 0. The van der Waals surface area contributed by atoms with E-state index in [0.717, 1.165) is 27.9 Å². The van der Waals surface area contributed by atoms with Crippen LogP contribution in [0.3, 0.4) is 0 Å². The molecule has 0 aliphatic carbocycles. The van der Waals surface area contributed by atoms with Crippen molar-refractivity contribution in [3.8, 4) is 0 Å². The first-order chi connectivity index (χ1) is 14.7. The van der Waals surface area contributed by atoms with Gasteiger partial charge < -0.3 is 19.7 Å². The topological polar surface area (TPSA) is 169 Å². The van der Waals surface area contributed by atoms with E-state index in [-0.39, 0.29) is 6.42 Å². The lowest BCUT2D eigenvalue weighted by atomic mass is 10.2. The summed E-state index contributed by atoms with van der Waals surface area (Å²) in [6, 6.07) is 0. The second-order valence-electron chi connectivity index (χ2n) is 6.87. The predicted molar refractivity (Wildman–Crippen MR) is 98.4 cm³/mol. The fraction of sp³-hybridized carbons (Fsp3) is 0.529. The summed E-state index contributed by atoms with van der Waals surface area (Å²) < 4.78 is 38.1. The summed E-state index contributed by atoms with van der Waals surface area (Å²) in [6.45, 7) is 0.149. The van der Waals surface area contributed by atoms with Gasteiger partial charge in [-0.25, -0.2) is 9.59 Å². The van der Waals surface area contributed by atoms with Gasteiger partial charge in [0.15, 0.2) is 0 Å². The van der Waals surface area contributed by atoms with Crippen LogP contribution in [0.25, 0.3) is 0 Å². The van der Waals surface area contributed by atoms with Crippen molar-refractivity contribution >= 4 is 0 Å². The van der Waals surface area contributed by atoms with Crippen LogP contribution in [-0.4, -0.2) is 54.7 Å². The van der Waals surface area contributed by atoms with Crippen LogP contribution in [0.1, 0.15) is 31.7 Å². The summed E-state index contributed by atoms with van der Waals surface area (Å²) in [5, 5.41) is 18.3. The van der Waals surface area contributed by atoms with Crippen molar-refractivity contribution in [1.29, 1.82) is 0 Å². The molecule has 170 valence electrons. The Balaban J connectivity index is 0.000000179. The van der Waals surface area contributed by atoms with Gasteiger partial charge in [-0.3, -0.25) is 28.7 Å². The standard InChI is InChI=1S/C9H11FN2O5.C8H9FN2O3/c10-4-2-12(9(16)11-8(4)15)7-1-5(14)6(3-13)17-7;9-5-4-11(6-2-1-3-14-6)8(13)10-7(5)12/h2,5-7,13-14H,1,3H2,(H,11,15,16);4,6H,1-3H2,(H,10,12,13)/t5-,6+,7+;/m0./s1. The van der Waals surface area contributed by atoms with E-state index in [9.17, 15) is 33.1 Å². The molecular formula is C17H20F2N4O8. The molecule has 31 heavy (non-hydrogen) atoms. The molecule has 4 heterocycles. The second-order valence-corrected chi connectivity index (χ2v) is 6.87. The van der Waals surface area contributed by atoms with Crippen molar-refractivity contribution in [1.82, 2.24) is 19.1 Å². The van der Waals surface area contributed by atoms with E-state index in [0.29, 0.717) is 13.0 Å². The number of nitrogens with zero attached hydrogens (tertiary/aromatic N) is 2. The molecule has 4 rings (SSSR count). The van der Waals surface area contributed by atoms with Gasteiger partial charge in [-0.1, -0.05) is 0 Å². The number of H-pyrrole nitrogens is 2. The average Bonchev–Trinajstić information content (AvgIpc) is 3.38. The molecule has 12 nitrogen and oxygen atoms in total. The van der Waals surface area contributed by atoms with Gasteiger partial charge in [-0.2, -0.15) is 8.78 Å². The fourth-order valence-corrected chi connectivity index (χ4v) is 3.18. The van der Waals surface area contributed by atoms with E-state index in [1.165, 1.54) is 0 Å². The van der Waals surface area contributed by atoms with Crippen molar-refractivity contribution in [3.63, 3.8) is 0 Å². The number of aliphatic hydroxyl groups is 2. The molecule has 4 atom stereocenters. The fourth-order valence-electron chi connectivity index (χ4n) is 3.18. The van der Waals surface area contributed by atoms with Gasteiger partial charge in [-0.05, 0) is 12.8 Å². The highest BCUT2D eigenvalue weighted by atomic mass is 19.1. The number of hydrogen-bond donors (Lipinski definition) is 4. The van der Waals surface area contributed by atoms with Crippen molar-refractivity contribution in [2.24, 2.45) is 0 Å². The van der Waals surface area contributed by atoms with Crippen LogP contribution in [0, 0.1) is 11.6 Å². The van der Waals surface area contributed by atoms with E-state index in [2.05, 4.69) is 0 Å². The number of aromatic amines is 2. The van der Waals surface area contributed by atoms with Crippen LogP contribution in [0.5, 0.6) is 0 Å². The SMILES string of the molecule is O=c1[nH]c(=O)n(C2CCCO2)cc1F.O=c1[nH]c(=O)n([C@H]2C[C@H](O)[C@@H](CO)O2)cc1F. The number of aliphatic hydroxyl groups excluding tert-OH is 2. The van der Waals surface area contributed by atoms with Crippen LogP contribution in [0.2, 0.25) is 0 Å². The third-order valence-electron chi connectivity index (χ3n) is 4.76. The van der Waals surface area contributed by atoms with Gasteiger partial charge in [0.2, 0.25) is 11.6 Å². The van der Waals surface area contributed by atoms with Crippen molar-refractivity contribution in [3.05, 3.63) is 65.7 Å². The Bertz CT molecular complexity index is 1150. The van der Waals surface area contributed by atoms with E-state index >= 15 is 0 Å². The van der Waals surface area contributed by atoms with Gasteiger partial charge in [0.05, 0.1) is 25.1 Å². The molecule has 2 aromatic rings. The second kappa shape index (κ2) is 9.47. The Hall–Kier alpha value is -2.94. The molecule has 0 bridgehead atoms. The van der Waals surface area contributed by atoms with E-state index < -0.39 is 65.4 Å². The van der Waals surface area contributed by atoms with Crippen LogP contribution < -0.4 is 22.5 Å². The molecule has 0 aromatic carbocycles. The lowest BCUT2D eigenvalue weighted by molar-refractivity contribution is -0.0462. The monoisotopic (exact) mass is 446 g/mol. The van der Waals surface area contributed by atoms with Crippen LogP contribution >= 0.6 is 0 Å². The maximum absolute atomic E-state index is 13.0. The lowest BCUT2D eigenvalue weighted by Gasteiger charge is -2.13. The van der Waals surface area contributed by atoms with Crippen LogP contribution in [-0.2, 0) is 9.47 Å². The van der Waals surface area contributed by atoms with Crippen LogP contribution in [0.4, 0.5) is 8.78 Å². The van der Waals surface area contributed by atoms with Crippen molar-refractivity contribution in [2.75, 3.05) is 13.2 Å². The highest BCUT2D eigenvalue weighted by molar-refractivity contribution is 4.91. The summed E-state index contributed by atoms with van der Waals surface area (Å²) in [5.41, 5.74) is -3.57. The number of halogens is 2. The zero-order valence-corrected chi connectivity index (χ0v) is 16.0. The van der Waals surface area contributed by atoms with E-state index in [1.54, 1.807) is 4.98 Å². The molecule has 0 amide bonds. The normalized spacial score (nSPS) is 25.3. The Morgan fingerprint density at radius 2 is 1.55 bits per heavy atom. The Morgan fingerprint density at radius 1 is 1.00 bits per heavy atom. The molecule has 0 saturated carbocycles. The zero-order chi connectivity index (χ0) is 22.7. The number of aromatic nitrogens is 4. The summed E-state index contributed by atoms with van der Waals surface area (Å²) in [4.78, 5) is 47.8. The molecule has 14 heteroatoms. The van der Waals surface area contributed by atoms with Gasteiger partial charge >= 0.3 is 11.4 Å². The third kappa shape index (κ3) is 5.04. The molecule has 2 saturated heterocycles. The minimum Gasteiger partial charge on any atom is -0.394 e. The molecule has 2 aliphatic rings. The molecular weight excluding hydrogens is 426 g/mol. The zero-order valence-electron chi connectivity index (χ0n) is 16.0.